The molecule has 5 nitrogen and oxygen atoms in total. The molecule has 5 heteroatoms. The summed E-state index contributed by atoms with van der Waals surface area (Å²) in [7, 11) is 0. The quantitative estimate of drug-likeness (QED) is 0.275. The zero-order chi connectivity index (χ0) is 28.4. The van der Waals surface area contributed by atoms with Crippen LogP contribution in [0.4, 0.5) is 0 Å². The Morgan fingerprint density at radius 3 is 2.62 bits per heavy atom. The summed E-state index contributed by atoms with van der Waals surface area (Å²) in [5, 5.41) is 23.7. The van der Waals surface area contributed by atoms with Crippen molar-refractivity contribution in [3.8, 4) is 0 Å². The van der Waals surface area contributed by atoms with E-state index in [0.29, 0.717) is 55.0 Å². The molecule has 1 aromatic heterocycles. The Bertz CT molecular complexity index is 1080. The molecular weight excluding hydrogens is 486 g/mol. The van der Waals surface area contributed by atoms with Gasteiger partial charge < -0.3 is 14.9 Å². The van der Waals surface area contributed by atoms with Gasteiger partial charge in [0.05, 0.1) is 5.60 Å². The number of hydrogen-bond donors (Lipinski definition) is 2. The summed E-state index contributed by atoms with van der Waals surface area (Å²) in [6.45, 7) is 15.7. The van der Waals surface area contributed by atoms with Gasteiger partial charge in [0.2, 0.25) is 0 Å². The minimum atomic E-state index is -1.17. The standard InChI is InChI=1S/C34H49NO4/c1-22(2)23(3)11-12-25(5)28-15-16-30-33(28,6)17-9-18-34(30,38)31(36)21-26-20-27(14-13-24(26)4)39-32(37)29-10-7-8-19-35-29/h7-8,10-12,19,21-23,25,27-28,30-31,36,38H,4,9,13-18,20H2,1-3,5-6H3/b12-11+,26-21-/t23-,25+,27+,28+,30+,31-,33+,34+/m0/s1. The fourth-order valence-corrected chi connectivity index (χ4v) is 7.60. The third-order valence-electron chi connectivity index (χ3n) is 10.4. The lowest BCUT2D eigenvalue weighted by molar-refractivity contribution is -0.155. The second-order valence-corrected chi connectivity index (χ2v) is 13.2. The second-order valence-electron chi connectivity index (χ2n) is 13.2. The second kappa shape index (κ2) is 12.1. The normalized spacial score (nSPS) is 34.7. The molecule has 0 unspecified atom stereocenters. The smallest absolute Gasteiger partial charge is 0.357 e. The molecule has 0 aliphatic heterocycles. The molecule has 3 saturated carbocycles. The molecule has 214 valence electrons. The van der Waals surface area contributed by atoms with Gasteiger partial charge in [0, 0.05) is 12.6 Å². The molecule has 0 amide bonds. The lowest BCUT2D eigenvalue weighted by Crippen LogP contribution is -2.56. The summed E-state index contributed by atoms with van der Waals surface area (Å²) in [6, 6.07) is 5.18. The first-order chi connectivity index (χ1) is 18.5. The molecule has 3 aliphatic carbocycles. The number of nitrogens with zero attached hydrogens (tertiary/aromatic N) is 1. The first-order valence-corrected chi connectivity index (χ1v) is 15.0. The highest BCUT2D eigenvalue weighted by Crippen LogP contribution is 2.61. The molecule has 1 aromatic rings. The van der Waals surface area contributed by atoms with Gasteiger partial charge >= 0.3 is 5.97 Å². The van der Waals surface area contributed by atoms with E-state index >= 15 is 0 Å². The van der Waals surface area contributed by atoms with Crippen LogP contribution in [-0.4, -0.2) is 39.0 Å². The molecule has 8 atom stereocenters. The van der Waals surface area contributed by atoms with E-state index in [1.165, 1.54) is 0 Å². The molecule has 3 fully saturated rings. The van der Waals surface area contributed by atoms with Gasteiger partial charge in [-0.05, 0) is 104 Å². The van der Waals surface area contributed by atoms with Crippen molar-refractivity contribution in [1.82, 2.24) is 4.98 Å². The highest BCUT2D eigenvalue weighted by molar-refractivity contribution is 5.87. The predicted molar refractivity (Wildman–Crippen MR) is 156 cm³/mol. The molecule has 0 radical (unpaired) electrons. The number of rotatable bonds is 8. The highest BCUT2D eigenvalue weighted by atomic mass is 16.5. The van der Waals surface area contributed by atoms with Gasteiger partial charge in [-0.15, -0.1) is 0 Å². The Kier molecular flexibility index (Phi) is 9.22. The Balaban J connectivity index is 1.48. The van der Waals surface area contributed by atoms with Gasteiger partial charge in [-0.2, -0.15) is 0 Å². The lowest BCUT2D eigenvalue weighted by atomic mass is 9.56. The first-order valence-electron chi connectivity index (χ1n) is 15.0. The molecule has 39 heavy (non-hydrogen) atoms. The van der Waals surface area contributed by atoms with Crippen LogP contribution in [-0.2, 0) is 4.74 Å². The van der Waals surface area contributed by atoms with Gasteiger partial charge in [-0.25, -0.2) is 9.78 Å². The van der Waals surface area contributed by atoms with Crippen molar-refractivity contribution in [2.75, 3.05) is 0 Å². The summed E-state index contributed by atoms with van der Waals surface area (Å²) >= 11 is 0. The monoisotopic (exact) mass is 535 g/mol. The van der Waals surface area contributed by atoms with Crippen LogP contribution in [0.15, 0.2) is 60.3 Å². The zero-order valence-electron chi connectivity index (χ0n) is 24.6. The minimum absolute atomic E-state index is 0.0123. The summed E-state index contributed by atoms with van der Waals surface area (Å²) in [6.07, 6.45) is 13.4. The summed E-state index contributed by atoms with van der Waals surface area (Å²) < 4.78 is 5.75. The van der Waals surface area contributed by atoms with Crippen molar-refractivity contribution in [2.45, 2.75) is 104 Å². The molecule has 0 aromatic carbocycles. The van der Waals surface area contributed by atoms with Crippen molar-refractivity contribution >= 4 is 5.97 Å². The molecule has 2 N–H and O–H groups in total. The van der Waals surface area contributed by atoms with Crippen LogP contribution in [0, 0.1) is 35.0 Å². The maximum Gasteiger partial charge on any atom is 0.357 e. The number of aliphatic hydroxyl groups excluding tert-OH is 1. The molecular formula is C34H49NO4. The van der Waals surface area contributed by atoms with Crippen LogP contribution in [0.25, 0.3) is 0 Å². The van der Waals surface area contributed by atoms with E-state index in [2.05, 4.69) is 58.3 Å². The molecule has 1 heterocycles. The van der Waals surface area contributed by atoms with Gasteiger partial charge in [0.1, 0.15) is 17.9 Å². The first kappa shape index (κ1) is 29.7. The molecule has 0 saturated heterocycles. The Morgan fingerprint density at radius 2 is 1.92 bits per heavy atom. The van der Waals surface area contributed by atoms with E-state index in [9.17, 15) is 15.0 Å². The largest absolute Gasteiger partial charge is 0.457 e. The van der Waals surface area contributed by atoms with Gasteiger partial charge in [0.25, 0.3) is 0 Å². The van der Waals surface area contributed by atoms with Crippen LogP contribution < -0.4 is 0 Å². The fourth-order valence-electron chi connectivity index (χ4n) is 7.60. The van der Waals surface area contributed by atoms with Crippen LogP contribution in [0.3, 0.4) is 0 Å². The van der Waals surface area contributed by atoms with E-state index in [1.54, 1.807) is 24.4 Å². The Hall–Kier alpha value is -2.24. The average molecular weight is 536 g/mol. The van der Waals surface area contributed by atoms with Crippen molar-refractivity contribution in [2.24, 2.45) is 35.0 Å². The number of esters is 1. The van der Waals surface area contributed by atoms with E-state index in [1.807, 2.05) is 6.08 Å². The number of fused-ring (bicyclic) bond motifs is 1. The van der Waals surface area contributed by atoms with E-state index in [0.717, 1.165) is 36.8 Å². The average Bonchev–Trinajstić information content (AvgIpc) is 3.27. The Labute approximate surface area is 235 Å². The van der Waals surface area contributed by atoms with E-state index in [4.69, 9.17) is 4.74 Å². The van der Waals surface area contributed by atoms with Crippen molar-refractivity contribution in [3.05, 3.63) is 66.0 Å². The van der Waals surface area contributed by atoms with Gasteiger partial charge in [0.15, 0.2) is 0 Å². The maximum absolute atomic E-state index is 12.6. The van der Waals surface area contributed by atoms with Crippen LogP contribution >= 0.6 is 0 Å². The van der Waals surface area contributed by atoms with Gasteiger partial charge in [-0.1, -0.05) is 65.0 Å². The summed E-state index contributed by atoms with van der Waals surface area (Å²) in [4.78, 5) is 16.7. The number of carbonyl (C=O) groups is 1. The Morgan fingerprint density at radius 1 is 1.15 bits per heavy atom. The number of aliphatic hydroxyl groups is 2. The number of pyridine rings is 1. The van der Waals surface area contributed by atoms with Crippen molar-refractivity contribution < 1.29 is 19.7 Å². The predicted octanol–water partition coefficient (Wildman–Crippen LogP) is 7.07. The number of aromatic nitrogens is 1. The zero-order valence-corrected chi connectivity index (χ0v) is 24.6. The number of allylic oxidation sites excluding steroid dienone is 3. The molecule has 3 aliphatic rings. The van der Waals surface area contributed by atoms with Crippen molar-refractivity contribution in [1.29, 1.82) is 0 Å². The van der Waals surface area contributed by atoms with Crippen LogP contribution in [0.5, 0.6) is 0 Å². The summed E-state index contributed by atoms with van der Waals surface area (Å²) in [5.74, 6) is 1.71. The minimum Gasteiger partial charge on any atom is -0.457 e. The third kappa shape index (κ3) is 6.25. The SMILES string of the molecule is C=C1CC[C@@H](OC(=O)c2ccccn2)C/C1=C/[C@H](O)[C@@]1(O)CCC[C@]2(C)[C@@H]([C@H](C)/C=C/[C@H](C)C(C)C)CC[C@H]21. The van der Waals surface area contributed by atoms with Crippen LogP contribution in [0.2, 0.25) is 0 Å². The van der Waals surface area contributed by atoms with Gasteiger partial charge in [-0.3, -0.25) is 0 Å². The van der Waals surface area contributed by atoms with Crippen molar-refractivity contribution in [3.63, 3.8) is 0 Å². The number of carbonyl (C=O) groups excluding carboxylic acids is 1. The summed E-state index contributed by atoms with van der Waals surface area (Å²) in [5.41, 5.74) is 0.954. The molecule has 0 bridgehead atoms. The number of ether oxygens (including phenoxy) is 1. The lowest BCUT2D eigenvalue weighted by Gasteiger charge is -2.52. The molecule has 4 rings (SSSR count). The number of hydrogen-bond acceptors (Lipinski definition) is 5. The highest BCUT2D eigenvalue weighted by Gasteiger charge is 2.59. The topological polar surface area (TPSA) is 79.7 Å². The van der Waals surface area contributed by atoms with E-state index < -0.39 is 17.7 Å². The fraction of sp³-hybridized carbons (Fsp3) is 0.647. The third-order valence-corrected chi connectivity index (χ3v) is 10.4. The van der Waals surface area contributed by atoms with E-state index in [-0.39, 0.29) is 17.4 Å². The maximum atomic E-state index is 12.6. The van der Waals surface area contributed by atoms with Crippen LogP contribution in [0.1, 0.15) is 96.5 Å². The molecule has 0 spiro atoms.